The number of halogens is 2. The van der Waals surface area contributed by atoms with Gasteiger partial charge in [-0.15, -0.1) is 0 Å². The van der Waals surface area contributed by atoms with Crippen molar-refractivity contribution in [3.63, 3.8) is 0 Å². The van der Waals surface area contributed by atoms with Gasteiger partial charge in [-0.05, 0) is 30.7 Å². The van der Waals surface area contributed by atoms with E-state index >= 15 is 0 Å². The largest absolute Gasteiger partial charge is 0.434 e. The van der Waals surface area contributed by atoms with Gasteiger partial charge in [0.15, 0.2) is 0 Å². The smallest absolute Gasteiger partial charge is 0.387 e. The molecular weight excluding hydrogens is 248 g/mol. The number of alkyl halides is 2. The Morgan fingerprint density at radius 2 is 2.05 bits per heavy atom. The van der Waals surface area contributed by atoms with Crippen molar-refractivity contribution in [3.05, 3.63) is 29.8 Å². The topological polar surface area (TPSA) is 21.3 Å². The summed E-state index contributed by atoms with van der Waals surface area (Å²) in [7, 11) is 0. The molecule has 0 heterocycles. The fraction of sp³-hybridized carbons (Fsp3) is 0.600. The van der Waals surface area contributed by atoms with Gasteiger partial charge >= 0.3 is 6.61 Å². The van der Waals surface area contributed by atoms with Crippen molar-refractivity contribution in [1.82, 2.24) is 5.32 Å². The lowest BCUT2D eigenvalue weighted by molar-refractivity contribution is -0.0505. The van der Waals surface area contributed by atoms with Crippen LogP contribution in [0.3, 0.4) is 0 Å². The van der Waals surface area contributed by atoms with Gasteiger partial charge in [-0.1, -0.05) is 31.5 Å². The maximum Gasteiger partial charge on any atom is 0.387 e. The second-order valence-electron chi connectivity index (χ2n) is 5.30. The van der Waals surface area contributed by atoms with Crippen LogP contribution in [-0.2, 0) is 6.54 Å². The summed E-state index contributed by atoms with van der Waals surface area (Å²) in [6, 6.07) is 6.96. The van der Waals surface area contributed by atoms with Gasteiger partial charge < -0.3 is 10.1 Å². The summed E-state index contributed by atoms with van der Waals surface area (Å²) in [5.74, 6) is 0.268. The monoisotopic (exact) mass is 269 g/mol. The Bertz CT molecular complexity index is 399. The van der Waals surface area contributed by atoms with E-state index in [1.165, 1.54) is 25.7 Å². The molecule has 1 aromatic carbocycles. The number of nitrogens with one attached hydrogen (secondary N) is 1. The molecule has 2 rings (SSSR count). The summed E-state index contributed by atoms with van der Waals surface area (Å²) in [5.41, 5.74) is 1.21. The van der Waals surface area contributed by atoms with Crippen LogP contribution in [0.2, 0.25) is 0 Å². The molecule has 0 radical (unpaired) electrons. The van der Waals surface area contributed by atoms with Gasteiger partial charge in [-0.2, -0.15) is 8.78 Å². The van der Waals surface area contributed by atoms with Crippen molar-refractivity contribution in [2.45, 2.75) is 45.8 Å². The minimum Gasteiger partial charge on any atom is -0.434 e. The molecule has 0 aliphatic heterocycles. The third kappa shape index (κ3) is 3.66. The van der Waals surface area contributed by atoms with E-state index in [9.17, 15) is 8.78 Å². The van der Waals surface area contributed by atoms with Gasteiger partial charge in [0.05, 0.1) is 0 Å². The molecule has 0 spiro atoms. The number of rotatable bonds is 7. The van der Waals surface area contributed by atoms with Crippen LogP contribution in [0.5, 0.6) is 5.75 Å². The van der Waals surface area contributed by atoms with Crippen molar-refractivity contribution in [2.75, 3.05) is 6.54 Å². The van der Waals surface area contributed by atoms with Gasteiger partial charge in [0, 0.05) is 18.7 Å². The lowest BCUT2D eigenvalue weighted by atomic mass is 9.67. The maximum atomic E-state index is 12.3. The molecule has 1 saturated carbocycles. The first-order valence-corrected chi connectivity index (χ1v) is 6.89. The van der Waals surface area contributed by atoms with Crippen molar-refractivity contribution in [2.24, 2.45) is 5.41 Å². The Labute approximate surface area is 113 Å². The van der Waals surface area contributed by atoms with E-state index in [1.807, 2.05) is 12.1 Å². The zero-order chi connectivity index (χ0) is 13.7. The number of hydrogen-bond acceptors (Lipinski definition) is 2. The van der Waals surface area contributed by atoms with Crippen LogP contribution >= 0.6 is 0 Å². The van der Waals surface area contributed by atoms with E-state index in [-0.39, 0.29) is 5.75 Å². The van der Waals surface area contributed by atoms with Crippen molar-refractivity contribution < 1.29 is 13.5 Å². The van der Waals surface area contributed by atoms with E-state index in [0.717, 1.165) is 12.1 Å². The molecule has 0 unspecified atom stereocenters. The molecule has 0 atom stereocenters. The van der Waals surface area contributed by atoms with Crippen LogP contribution in [-0.4, -0.2) is 13.2 Å². The van der Waals surface area contributed by atoms with Gasteiger partial charge in [-0.25, -0.2) is 0 Å². The third-order valence-electron chi connectivity index (χ3n) is 4.17. The average molecular weight is 269 g/mol. The highest BCUT2D eigenvalue weighted by molar-refractivity contribution is 5.33. The number of benzene rings is 1. The Hall–Kier alpha value is -1.16. The molecule has 4 heteroatoms. The molecule has 2 nitrogen and oxygen atoms in total. The fourth-order valence-corrected chi connectivity index (χ4v) is 2.66. The third-order valence-corrected chi connectivity index (χ3v) is 4.17. The molecule has 1 aliphatic rings. The Morgan fingerprint density at radius 1 is 1.32 bits per heavy atom. The molecule has 1 aromatic rings. The minimum atomic E-state index is -2.77. The number of ether oxygens (including phenoxy) is 1. The van der Waals surface area contributed by atoms with Crippen molar-refractivity contribution in [1.29, 1.82) is 0 Å². The predicted molar refractivity (Wildman–Crippen MR) is 71.4 cm³/mol. The Morgan fingerprint density at radius 3 is 2.63 bits per heavy atom. The first kappa shape index (κ1) is 14.3. The summed E-state index contributed by atoms with van der Waals surface area (Å²) in [4.78, 5) is 0. The van der Waals surface area contributed by atoms with Crippen LogP contribution in [0.1, 0.15) is 38.2 Å². The first-order valence-electron chi connectivity index (χ1n) is 6.89. The SMILES string of the molecule is CCC1(CNCc2ccccc2OC(F)F)CCC1. The van der Waals surface area contributed by atoms with Crippen LogP contribution in [0.15, 0.2) is 24.3 Å². The molecule has 0 amide bonds. The highest BCUT2D eigenvalue weighted by Crippen LogP contribution is 2.43. The summed E-state index contributed by atoms with van der Waals surface area (Å²) in [6.45, 7) is 0.973. The fourth-order valence-electron chi connectivity index (χ4n) is 2.66. The second-order valence-corrected chi connectivity index (χ2v) is 5.30. The average Bonchev–Trinajstić information content (AvgIpc) is 2.34. The molecule has 0 saturated heterocycles. The van der Waals surface area contributed by atoms with Gasteiger partial charge in [0.25, 0.3) is 0 Å². The Kier molecular flexibility index (Phi) is 4.75. The van der Waals surface area contributed by atoms with E-state index in [4.69, 9.17) is 0 Å². The second kappa shape index (κ2) is 6.33. The molecule has 1 N–H and O–H groups in total. The molecule has 0 bridgehead atoms. The van der Waals surface area contributed by atoms with Crippen molar-refractivity contribution >= 4 is 0 Å². The summed E-state index contributed by atoms with van der Waals surface area (Å²) in [6.07, 6.45) is 5.02. The summed E-state index contributed by atoms with van der Waals surface area (Å²) >= 11 is 0. The zero-order valence-electron chi connectivity index (χ0n) is 11.3. The quantitative estimate of drug-likeness (QED) is 0.809. The zero-order valence-corrected chi connectivity index (χ0v) is 11.3. The van der Waals surface area contributed by atoms with Gasteiger partial charge in [0.1, 0.15) is 5.75 Å². The van der Waals surface area contributed by atoms with Crippen LogP contribution < -0.4 is 10.1 Å². The maximum absolute atomic E-state index is 12.3. The minimum absolute atomic E-state index is 0.268. The highest BCUT2D eigenvalue weighted by Gasteiger charge is 2.34. The van der Waals surface area contributed by atoms with Crippen LogP contribution in [0.4, 0.5) is 8.78 Å². The normalized spacial score (nSPS) is 17.3. The lowest BCUT2D eigenvalue weighted by Gasteiger charge is -2.41. The van der Waals surface area contributed by atoms with E-state index in [1.54, 1.807) is 12.1 Å². The predicted octanol–water partition coefficient (Wildman–Crippen LogP) is 3.96. The van der Waals surface area contributed by atoms with Gasteiger partial charge in [0.2, 0.25) is 0 Å². The molecule has 19 heavy (non-hydrogen) atoms. The van der Waals surface area contributed by atoms with E-state index < -0.39 is 6.61 Å². The standard InChI is InChI=1S/C15H21F2NO/c1-2-15(8-5-9-15)11-18-10-12-6-3-4-7-13(12)19-14(16)17/h3-4,6-7,14,18H,2,5,8-11H2,1H3. The van der Waals surface area contributed by atoms with Gasteiger partial charge in [-0.3, -0.25) is 0 Å². The number of hydrogen-bond donors (Lipinski definition) is 1. The van der Waals surface area contributed by atoms with Crippen LogP contribution in [0.25, 0.3) is 0 Å². The molecule has 1 aliphatic carbocycles. The molecule has 106 valence electrons. The van der Waals surface area contributed by atoms with Crippen molar-refractivity contribution in [3.8, 4) is 5.75 Å². The Balaban J connectivity index is 1.88. The lowest BCUT2D eigenvalue weighted by Crippen LogP contribution is -2.39. The highest BCUT2D eigenvalue weighted by atomic mass is 19.3. The van der Waals surface area contributed by atoms with E-state index in [2.05, 4.69) is 17.0 Å². The molecular formula is C15H21F2NO. The molecule has 0 aromatic heterocycles. The first-order chi connectivity index (χ1) is 9.15. The van der Waals surface area contributed by atoms with E-state index in [0.29, 0.717) is 12.0 Å². The summed E-state index contributed by atoms with van der Waals surface area (Å²) in [5, 5.41) is 3.38. The molecule has 1 fully saturated rings. The van der Waals surface area contributed by atoms with Crippen LogP contribution in [0, 0.1) is 5.41 Å². The summed E-state index contributed by atoms with van der Waals surface area (Å²) < 4.78 is 29.1. The number of para-hydroxylation sites is 1.